The third kappa shape index (κ3) is 3.67. The third-order valence-electron chi connectivity index (χ3n) is 5.33. The van der Waals surface area contributed by atoms with Crippen LogP contribution in [-0.4, -0.2) is 33.9 Å². The molecule has 154 valence electrons. The number of amides is 1. The van der Waals surface area contributed by atoms with Gasteiger partial charge in [-0.15, -0.1) is 0 Å². The summed E-state index contributed by atoms with van der Waals surface area (Å²) in [6, 6.07) is 12.4. The second-order valence-electron chi connectivity index (χ2n) is 7.37. The zero-order valence-electron chi connectivity index (χ0n) is 16.0. The molecule has 0 saturated heterocycles. The highest BCUT2D eigenvalue weighted by Crippen LogP contribution is 2.38. The van der Waals surface area contributed by atoms with Gasteiger partial charge in [-0.2, -0.15) is 0 Å². The molecule has 4 rings (SSSR count). The Labute approximate surface area is 182 Å². The molecule has 30 heavy (non-hydrogen) atoms. The van der Waals surface area contributed by atoms with Gasteiger partial charge in [0.2, 0.25) is 0 Å². The van der Waals surface area contributed by atoms with Gasteiger partial charge in [0.1, 0.15) is 5.69 Å². The molecular formula is C21H18Cl2N4O3. The van der Waals surface area contributed by atoms with E-state index in [1.54, 1.807) is 6.07 Å². The number of nitro groups is 1. The first kappa shape index (κ1) is 20.4. The van der Waals surface area contributed by atoms with Crippen LogP contribution in [0.15, 0.2) is 48.7 Å². The van der Waals surface area contributed by atoms with Crippen LogP contribution >= 0.6 is 23.2 Å². The quantitative estimate of drug-likeness (QED) is 0.477. The van der Waals surface area contributed by atoms with E-state index in [1.165, 1.54) is 16.8 Å². The lowest BCUT2D eigenvalue weighted by atomic mass is 9.84. The average molecular weight is 445 g/mol. The summed E-state index contributed by atoms with van der Waals surface area (Å²) < 4.78 is 1.43. The van der Waals surface area contributed by atoms with Crippen molar-refractivity contribution in [2.45, 2.75) is 12.5 Å². The molecule has 1 amide bonds. The van der Waals surface area contributed by atoms with Crippen molar-refractivity contribution in [1.29, 1.82) is 0 Å². The van der Waals surface area contributed by atoms with Gasteiger partial charge in [-0.3, -0.25) is 14.9 Å². The number of halogens is 2. The predicted molar refractivity (Wildman–Crippen MR) is 116 cm³/mol. The number of primary amides is 1. The van der Waals surface area contributed by atoms with Crippen molar-refractivity contribution in [3.8, 4) is 5.69 Å². The number of aromatic nitrogens is 1. The number of carbonyl (C=O) groups excluding carboxylic acids is 1. The van der Waals surface area contributed by atoms with E-state index in [4.69, 9.17) is 28.9 Å². The van der Waals surface area contributed by atoms with E-state index in [-0.39, 0.29) is 17.3 Å². The summed E-state index contributed by atoms with van der Waals surface area (Å²) in [7, 11) is 2.04. The van der Waals surface area contributed by atoms with Gasteiger partial charge in [0, 0.05) is 40.8 Å². The van der Waals surface area contributed by atoms with Crippen molar-refractivity contribution in [2.24, 2.45) is 5.73 Å². The zero-order valence-corrected chi connectivity index (χ0v) is 17.5. The summed E-state index contributed by atoms with van der Waals surface area (Å²) >= 11 is 12.7. The van der Waals surface area contributed by atoms with Gasteiger partial charge >= 0.3 is 0 Å². The highest BCUT2D eigenvalue weighted by Gasteiger charge is 2.27. The van der Waals surface area contributed by atoms with E-state index in [2.05, 4.69) is 4.90 Å². The Balaban J connectivity index is 1.74. The minimum Gasteiger partial charge on any atom is -0.364 e. The number of hydrogen-bond donors (Lipinski definition) is 1. The van der Waals surface area contributed by atoms with Crippen LogP contribution in [0, 0.1) is 10.1 Å². The normalized spacial score (nSPS) is 16.3. The lowest BCUT2D eigenvalue weighted by Gasteiger charge is -2.33. The fraction of sp³-hybridized carbons (Fsp3) is 0.190. The molecule has 0 saturated carbocycles. The highest BCUT2D eigenvalue weighted by atomic mass is 35.5. The molecule has 0 bridgehead atoms. The number of carbonyl (C=O) groups is 1. The van der Waals surface area contributed by atoms with Gasteiger partial charge < -0.3 is 15.2 Å². The summed E-state index contributed by atoms with van der Waals surface area (Å²) in [6.07, 6.45) is 1.29. The summed E-state index contributed by atoms with van der Waals surface area (Å²) in [6.45, 7) is 1.54. The van der Waals surface area contributed by atoms with Crippen LogP contribution in [0.25, 0.3) is 5.69 Å². The fourth-order valence-electron chi connectivity index (χ4n) is 3.95. The van der Waals surface area contributed by atoms with Crippen LogP contribution in [0.1, 0.15) is 33.1 Å². The van der Waals surface area contributed by atoms with E-state index in [9.17, 15) is 14.9 Å². The lowest BCUT2D eigenvalue weighted by Crippen LogP contribution is -2.31. The molecule has 1 aliphatic rings. The van der Waals surface area contributed by atoms with Crippen LogP contribution in [0.5, 0.6) is 0 Å². The SMILES string of the molecule is CN1Cc2c(Cl)cc(Cl)cc2C(c2ccc(-n3cc([N+](=O)[O-])cc3C(N)=O)cc2)C1. The number of fused-ring (bicyclic) bond motifs is 1. The Kier molecular flexibility index (Phi) is 5.27. The molecule has 1 aliphatic heterocycles. The van der Waals surface area contributed by atoms with Crippen molar-refractivity contribution in [3.63, 3.8) is 0 Å². The Morgan fingerprint density at radius 3 is 2.53 bits per heavy atom. The Hall–Kier alpha value is -2.87. The molecule has 2 N–H and O–H groups in total. The van der Waals surface area contributed by atoms with Gasteiger partial charge in [0.25, 0.3) is 11.6 Å². The molecule has 2 heterocycles. The van der Waals surface area contributed by atoms with Crippen molar-refractivity contribution in [1.82, 2.24) is 9.47 Å². The monoisotopic (exact) mass is 444 g/mol. The molecule has 7 nitrogen and oxygen atoms in total. The number of benzene rings is 2. The first-order valence-electron chi connectivity index (χ1n) is 9.18. The number of hydrogen-bond acceptors (Lipinski definition) is 4. The van der Waals surface area contributed by atoms with E-state index in [0.717, 1.165) is 29.8 Å². The predicted octanol–water partition coefficient (Wildman–Crippen LogP) is 4.37. The van der Waals surface area contributed by atoms with E-state index in [1.807, 2.05) is 37.4 Å². The molecule has 1 atom stereocenters. The maximum Gasteiger partial charge on any atom is 0.288 e. The lowest BCUT2D eigenvalue weighted by molar-refractivity contribution is -0.384. The first-order valence-corrected chi connectivity index (χ1v) is 9.93. The minimum absolute atomic E-state index is 0.0516. The Morgan fingerprint density at radius 2 is 1.90 bits per heavy atom. The van der Waals surface area contributed by atoms with Crippen molar-refractivity contribution in [3.05, 3.63) is 91.2 Å². The molecule has 1 unspecified atom stereocenters. The molecule has 0 spiro atoms. The van der Waals surface area contributed by atoms with Crippen molar-refractivity contribution in [2.75, 3.05) is 13.6 Å². The molecule has 0 radical (unpaired) electrons. The number of likely N-dealkylation sites (N-methyl/N-ethyl adjacent to an activating group) is 1. The molecule has 3 aromatic rings. The topological polar surface area (TPSA) is 94.4 Å². The van der Waals surface area contributed by atoms with E-state index in [0.29, 0.717) is 15.7 Å². The second kappa shape index (κ2) is 7.75. The largest absolute Gasteiger partial charge is 0.364 e. The number of nitrogens with zero attached hydrogens (tertiary/aromatic N) is 3. The zero-order chi connectivity index (χ0) is 21.6. The third-order valence-corrected chi connectivity index (χ3v) is 5.89. The Morgan fingerprint density at radius 1 is 1.20 bits per heavy atom. The van der Waals surface area contributed by atoms with Crippen molar-refractivity contribution >= 4 is 34.8 Å². The molecule has 0 aliphatic carbocycles. The van der Waals surface area contributed by atoms with Crippen LogP contribution in [0.4, 0.5) is 5.69 Å². The summed E-state index contributed by atoms with van der Waals surface area (Å²) in [5.41, 5.74) is 9.05. The fourth-order valence-corrected chi connectivity index (χ4v) is 4.52. The van der Waals surface area contributed by atoms with Gasteiger partial charge in [-0.25, -0.2) is 0 Å². The summed E-state index contributed by atoms with van der Waals surface area (Å²) in [5.74, 6) is -0.669. The average Bonchev–Trinajstić information content (AvgIpc) is 3.14. The van der Waals surface area contributed by atoms with Gasteiger partial charge in [-0.05, 0) is 48.0 Å². The van der Waals surface area contributed by atoms with Crippen LogP contribution in [-0.2, 0) is 6.54 Å². The first-order chi connectivity index (χ1) is 14.2. The van der Waals surface area contributed by atoms with Gasteiger partial charge in [-0.1, -0.05) is 35.3 Å². The van der Waals surface area contributed by atoms with Gasteiger partial charge in [0.15, 0.2) is 0 Å². The maximum atomic E-state index is 11.7. The number of rotatable bonds is 4. The molecule has 2 aromatic carbocycles. The number of nitrogens with two attached hydrogens (primary N) is 1. The molecule has 9 heteroatoms. The smallest absolute Gasteiger partial charge is 0.288 e. The van der Waals surface area contributed by atoms with E-state index >= 15 is 0 Å². The van der Waals surface area contributed by atoms with E-state index < -0.39 is 10.8 Å². The Bertz CT molecular complexity index is 1160. The van der Waals surface area contributed by atoms with Crippen LogP contribution in [0.3, 0.4) is 0 Å². The van der Waals surface area contributed by atoms with Crippen LogP contribution in [0.2, 0.25) is 10.0 Å². The summed E-state index contributed by atoms with van der Waals surface area (Å²) in [4.78, 5) is 24.5. The summed E-state index contributed by atoms with van der Waals surface area (Å²) in [5, 5.41) is 12.3. The highest BCUT2D eigenvalue weighted by molar-refractivity contribution is 6.35. The van der Waals surface area contributed by atoms with Crippen molar-refractivity contribution < 1.29 is 9.72 Å². The minimum atomic E-state index is -0.737. The molecule has 1 aromatic heterocycles. The second-order valence-corrected chi connectivity index (χ2v) is 8.21. The van der Waals surface area contributed by atoms with Crippen LogP contribution < -0.4 is 5.73 Å². The maximum absolute atomic E-state index is 11.7. The molecule has 0 fully saturated rings. The standard InChI is InChI=1S/C21H18Cl2N4O3/c1-25-10-17(16-6-13(22)7-19(23)18(16)11-25)12-2-4-14(5-3-12)26-9-15(27(29)30)8-20(26)21(24)28/h2-9,17H,10-11H2,1H3,(H2,24,28). The van der Waals surface area contributed by atoms with Gasteiger partial charge in [0.05, 0.1) is 11.1 Å². The molecular weight excluding hydrogens is 427 g/mol.